The second-order valence-corrected chi connectivity index (χ2v) is 7.11. The molecule has 1 amide bonds. The lowest BCUT2D eigenvalue weighted by Crippen LogP contribution is -2.50. The van der Waals surface area contributed by atoms with Crippen molar-refractivity contribution in [3.8, 4) is 11.5 Å². The van der Waals surface area contributed by atoms with E-state index in [-0.39, 0.29) is 5.92 Å². The number of ether oxygens (including phenoxy) is 2. The van der Waals surface area contributed by atoms with Gasteiger partial charge >= 0.3 is 0 Å². The molecule has 3 rings (SSSR count). The molecule has 1 aromatic rings. The third-order valence-electron chi connectivity index (χ3n) is 5.52. The first-order valence-electron chi connectivity index (χ1n) is 9.43. The van der Waals surface area contributed by atoms with Crippen LogP contribution >= 0.6 is 0 Å². The predicted octanol–water partition coefficient (Wildman–Crippen LogP) is 2.93. The molecule has 0 N–H and O–H groups in total. The van der Waals surface area contributed by atoms with Gasteiger partial charge in [0.05, 0.1) is 14.2 Å². The Labute approximate surface area is 150 Å². The Morgan fingerprint density at radius 3 is 2.40 bits per heavy atom. The molecule has 1 aromatic carbocycles. The van der Waals surface area contributed by atoms with Crippen LogP contribution in [0.4, 0.5) is 0 Å². The van der Waals surface area contributed by atoms with E-state index >= 15 is 0 Å². The summed E-state index contributed by atoms with van der Waals surface area (Å²) in [4.78, 5) is 17.1. The van der Waals surface area contributed by atoms with Gasteiger partial charge < -0.3 is 14.4 Å². The first-order chi connectivity index (χ1) is 12.2. The summed E-state index contributed by atoms with van der Waals surface area (Å²) in [6.07, 6.45) is 5.89. The summed E-state index contributed by atoms with van der Waals surface area (Å²) in [5.74, 6) is 2.40. The Morgan fingerprint density at radius 1 is 1.04 bits per heavy atom. The third kappa shape index (κ3) is 4.46. The molecule has 5 heteroatoms. The van der Waals surface area contributed by atoms with Gasteiger partial charge in [-0.05, 0) is 31.0 Å². The molecule has 0 radical (unpaired) electrons. The van der Waals surface area contributed by atoms with E-state index in [9.17, 15) is 4.79 Å². The number of benzene rings is 1. The molecule has 1 aliphatic heterocycles. The van der Waals surface area contributed by atoms with Crippen molar-refractivity contribution in [1.82, 2.24) is 9.80 Å². The van der Waals surface area contributed by atoms with Gasteiger partial charge in [-0.3, -0.25) is 9.69 Å². The summed E-state index contributed by atoms with van der Waals surface area (Å²) < 4.78 is 10.8. The number of carbonyl (C=O) groups is 1. The van der Waals surface area contributed by atoms with Crippen molar-refractivity contribution in [2.45, 2.75) is 38.6 Å². The minimum absolute atomic E-state index is 0.277. The predicted molar refractivity (Wildman–Crippen MR) is 98.0 cm³/mol. The summed E-state index contributed by atoms with van der Waals surface area (Å²) >= 11 is 0. The van der Waals surface area contributed by atoms with Gasteiger partial charge in [0.25, 0.3) is 0 Å². The van der Waals surface area contributed by atoms with E-state index in [1.807, 2.05) is 18.2 Å². The van der Waals surface area contributed by atoms with Crippen LogP contribution in [0.3, 0.4) is 0 Å². The second-order valence-electron chi connectivity index (χ2n) is 7.11. The van der Waals surface area contributed by atoms with Crippen molar-refractivity contribution in [1.29, 1.82) is 0 Å². The Bertz CT molecular complexity index is 576. The molecule has 1 saturated heterocycles. The van der Waals surface area contributed by atoms with Crippen LogP contribution in [0.5, 0.6) is 11.5 Å². The van der Waals surface area contributed by atoms with E-state index in [1.165, 1.54) is 19.3 Å². The van der Waals surface area contributed by atoms with Crippen molar-refractivity contribution in [2.24, 2.45) is 5.92 Å². The third-order valence-corrected chi connectivity index (χ3v) is 5.52. The summed E-state index contributed by atoms with van der Waals surface area (Å²) in [5.41, 5.74) is 1.13. The molecule has 1 aliphatic carbocycles. The molecular weight excluding hydrogens is 316 g/mol. The number of methoxy groups -OCH3 is 2. The normalized spacial score (nSPS) is 19.7. The Hall–Kier alpha value is -1.75. The van der Waals surface area contributed by atoms with E-state index < -0.39 is 0 Å². The van der Waals surface area contributed by atoms with Crippen molar-refractivity contribution >= 4 is 5.91 Å². The Balaban J connectivity index is 1.55. The van der Waals surface area contributed by atoms with Gasteiger partial charge in [0.1, 0.15) is 11.5 Å². The maximum Gasteiger partial charge on any atom is 0.225 e. The van der Waals surface area contributed by atoms with Gasteiger partial charge in [0, 0.05) is 44.2 Å². The number of hydrogen-bond acceptors (Lipinski definition) is 4. The number of amides is 1. The number of hydrogen-bond donors (Lipinski definition) is 0. The molecular formula is C20H30N2O3. The molecule has 1 heterocycles. The zero-order chi connectivity index (χ0) is 17.6. The Kier molecular flexibility index (Phi) is 6.19. The highest BCUT2D eigenvalue weighted by Gasteiger charge is 2.28. The van der Waals surface area contributed by atoms with E-state index in [1.54, 1.807) is 14.2 Å². The number of piperazine rings is 1. The monoisotopic (exact) mass is 346 g/mol. The zero-order valence-electron chi connectivity index (χ0n) is 15.5. The minimum Gasteiger partial charge on any atom is -0.497 e. The van der Waals surface area contributed by atoms with E-state index in [2.05, 4.69) is 9.80 Å². The number of carbonyl (C=O) groups excluding carboxylic acids is 1. The molecule has 0 unspecified atom stereocenters. The van der Waals surface area contributed by atoms with Crippen LogP contribution in [0, 0.1) is 5.92 Å². The first-order valence-corrected chi connectivity index (χ1v) is 9.43. The van der Waals surface area contributed by atoms with Crippen molar-refractivity contribution < 1.29 is 14.3 Å². The van der Waals surface area contributed by atoms with Crippen LogP contribution in [0.1, 0.15) is 37.7 Å². The minimum atomic E-state index is 0.277. The van der Waals surface area contributed by atoms with E-state index in [0.29, 0.717) is 5.91 Å². The highest BCUT2D eigenvalue weighted by atomic mass is 16.5. The molecule has 2 aliphatic rings. The van der Waals surface area contributed by atoms with Gasteiger partial charge in [0.15, 0.2) is 0 Å². The molecule has 25 heavy (non-hydrogen) atoms. The topological polar surface area (TPSA) is 42.0 Å². The lowest BCUT2D eigenvalue weighted by atomic mass is 9.88. The van der Waals surface area contributed by atoms with Crippen LogP contribution < -0.4 is 9.47 Å². The molecule has 1 saturated carbocycles. The molecule has 2 fully saturated rings. The lowest BCUT2D eigenvalue weighted by Gasteiger charge is -2.37. The fourth-order valence-electron chi connectivity index (χ4n) is 3.98. The number of nitrogens with zero attached hydrogens (tertiary/aromatic N) is 2. The van der Waals surface area contributed by atoms with Gasteiger partial charge in [-0.15, -0.1) is 0 Å². The molecule has 0 spiro atoms. The average molecular weight is 346 g/mol. The van der Waals surface area contributed by atoms with Crippen LogP contribution in [-0.4, -0.2) is 56.1 Å². The first kappa shape index (κ1) is 18.1. The van der Waals surface area contributed by atoms with Crippen molar-refractivity contribution in [3.05, 3.63) is 23.8 Å². The number of rotatable bonds is 5. The summed E-state index contributed by atoms with van der Waals surface area (Å²) in [5, 5.41) is 0. The largest absolute Gasteiger partial charge is 0.497 e. The fourth-order valence-corrected chi connectivity index (χ4v) is 3.98. The molecule has 0 aromatic heterocycles. The molecule has 138 valence electrons. The van der Waals surface area contributed by atoms with Crippen LogP contribution in [0.25, 0.3) is 0 Å². The molecule has 0 atom stereocenters. The van der Waals surface area contributed by atoms with Crippen molar-refractivity contribution in [3.63, 3.8) is 0 Å². The van der Waals surface area contributed by atoms with Gasteiger partial charge in [0.2, 0.25) is 5.91 Å². The van der Waals surface area contributed by atoms with Gasteiger partial charge in [-0.25, -0.2) is 0 Å². The summed E-state index contributed by atoms with van der Waals surface area (Å²) in [6, 6.07) is 5.92. The van der Waals surface area contributed by atoms with Crippen LogP contribution in [0.15, 0.2) is 18.2 Å². The molecule has 0 bridgehead atoms. The lowest BCUT2D eigenvalue weighted by molar-refractivity contribution is -0.138. The van der Waals surface area contributed by atoms with E-state index in [4.69, 9.17) is 9.47 Å². The van der Waals surface area contributed by atoms with Crippen LogP contribution in [0.2, 0.25) is 0 Å². The van der Waals surface area contributed by atoms with Crippen LogP contribution in [-0.2, 0) is 11.3 Å². The van der Waals surface area contributed by atoms with E-state index in [0.717, 1.165) is 62.6 Å². The second kappa shape index (κ2) is 8.56. The quantitative estimate of drug-likeness (QED) is 0.822. The Morgan fingerprint density at radius 2 is 1.76 bits per heavy atom. The zero-order valence-corrected chi connectivity index (χ0v) is 15.5. The summed E-state index contributed by atoms with van der Waals surface area (Å²) in [7, 11) is 3.38. The van der Waals surface area contributed by atoms with Gasteiger partial charge in [-0.1, -0.05) is 19.3 Å². The highest BCUT2D eigenvalue weighted by Crippen LogP contribution is 2.27. The molecule has 5 nitrogen and oxygen atoms in total. The summed E-state index contributed by atoms with van der Waals surface area (Å²) in [6.45, 7) is 4.33. The smallest absolute Gasteiger partial charge is 0.225 e. The average Bonchev–Trinajstić information content (AvgIpc) is 2.68. The van der Waals surface area contributed by atoms with Crippen molar-refractivity contribution in [2.75, 3.05) is 40.4 Å². The highest BCUT2D eigenvalue weighted by molar-refractivity contribution is 5.79. The SMILES string of the molecule is COc1ccc(OC)c(CN2CCN(C(=O)C3CCCCC3)CC2)c1. The maximum absolute atomic E-state index is 12.7. The fraction of sp³-hybridized carbons (Fsp3) is 0.650. The maximum atomic E-state index is 12.7. The standard InChI is InChI=1S/C20H30N2O3/c1-24-18-8-9-19(25-2)17(14-18)15-21-10-12-22(13-11-21)20(23)16-6-4-3-5-7-16/h8-9,14,16H,3-7,10-13,15H2,1-2H3. The van der Waals surface area contributed by atoms with Gasteiger partial charge in [-0.2, -0.15) is 0 Å².